The van der Waals surface area contributed by atoms with Gasteiger partial charge in [-0.25, -0.2) is 0 Å². The molecule has 5 heteroatoms. The van der Waals surface area contributed by atoms with Crippen molar-refractivity contribution in [3.8, 4) is 0 Å². The average molecular weight is 251 g/mol. The maximum atomic E-state index is 11.6. The van der Waals surface area contributed by atoms with Crippen LogP contribution in [0.3, 0.4) is 0 Å². The Kier molecular flexibility index (Phi) is 3.01. The van der Waals surface area contributed by atoms with Crippen LogP contribution in [0.1, 0.15) is 32.1 Å². The molecular formula is C13H21N3O2. The molecule has 0 aromatic rings. The highest BCUT2D eigenvalue weighted by Crippen LogP contribution is 2.47. The molecule has 2 N–H and O–H groups in total. The quantitative estimate of drug-likeness (QED) is 0.752. The highest BCUT2D eigenvalue weighted by molar-refractivity contribution is 5.95. The molecule has 100 valence electrons. The van der Waals surface area contributed by atoms with Crippen molar-refractivity contribution in [2.75, 3.05) is 13.7 Å². The highest BCUT2D eigenvalue weighted by atomic mass is 16.6. The zero-order valence-electron chi connectivity index (χ0n) is 10.8. The Bertz CT molecular complexity index is 382. The molecule has 5 nitrogen and oxygen atoms in total. The summed E-state index contributed by atoms with van der Waals surface area (Å²) in [4.78, 5) is 18.7. The van der Waals surface area contributed by atoms with Crippen LogP contribution in [0, 0.1) is 11.8 Å². The Morgan fingerprint density at radius 1 is 1.44 bits per heavy atom. The van der Waals surface area contributed by atoms with Gasteiger partial charge in [0.05, 0.1) is 11.8 Å². The molecule has 1 amide bonds. The zero-order chi connectivity index (χ0) is 12.7. The van der Waals surface area contributed by atoms with Crippen molar-refractivity contribution in [3.63, 3.8) is 0 Å². The van der Waals surface area contributed by atoms with Gasteiger partial charge >= 0.3 is 0 Å². The standard InChI is InChI=1S/C13H21N3O2/c1-18-15-10-6-12(13(14)17)16(7-10)11-5-8-2-3-9(11)4-8/h8-9,11-12H,2-7H2,1H3,(H2,14,17). The third-order valence-electron chi connectivity index (χ3n) is 4.87. The first-order valence-electron chi connectivity index (χ1n) is 6.83. The normalized spacial score (nSPS) is 41.7. The molecule has 0 aromatic carbocycles. The molecule has 1 aliphatic heterocycles. The van der Waals surface area contributed by atoms with Crippen LogP contribution >= 0.6 is 0 Å². The van der Waals surface area contributed by atoms with Gasteiger partial charge in [-0.3, -0.25) is 9.69 Å². The molecule has 0 spiro atoms. The van der Waals surface area contributed by atoms with Crippen molar-refractivity contribution in [2.24, 2.45) is 22.7 Å². The molecule has 3 rings (SSSR count). The largest absolute Gasteiger partial charge is 0.399 e. The number of carbonyl (C=O) groups excluding carboxylic acids is 1. The lowest BCUT2D eigenvalue weighted by atomic mass is 9.93. The number of oxime groups is 1. The summed E-state index contributed by atoms with van der Waals surface area (Å²) in [5.41, 5.74) is 6.48. The van der Waals surface area contributed by atoms with Gasteiger partial charge in [-0.15, -0.1) is 0 Å². The van der Waals surface area contributed by atoms with Gasteiger partial charge in [0.1, 0.15) is 7.11 Å². The third-order valence-corrected chi connectivity index (χ3v) is 4.87. The van der Waals surface area contributed by atoms with E-state index in [4.69, 9.17) is 10.6 Å². The monoisotopic (exact) mass is 251 g/mol. The maximum Gasteiger partial charge on any atom is 0.235 e. The number of fused-ring (bicyclic) bond motifs is 2. The van der Waals surface area contributed by atoms with Gasteiger partial charge in [0, 0.05) is 19.0 Å². The molecule has 0 radical (unpaired) electrons. The second-order valence-electron chi connectivity index (χ2n) is 5.88. The minimum absolute atomic E-state index is 0.178. The van der Waals surface area contributed by atoms with Crippen molar-refractivity contribution < 1.29 is 9.63 Å². The smallest absolute Gasteiger partial charge is 0.235 e. The molecule has 4 atom stereocenters. The van der Waals surface area contributed by atoms with E-state index in [9.17, 15) is 4.79 Å². The van der Waals surface area contributed by atoms with E-state index in [1.165, 1.54) is 25.7 Å². The van der Waals surface area contributed by atoms with E-state index >= 15 is 0 Å². The molecule has 2 saturated carbocycles. The predicted molar refractivity (Wildman–Crippen MR) is 68.0 cm³/mol. The minimum Gasteiger partial charge on any atom is -0.399 e. The fourth-order valence-corrected chi connectivity index (χ4v) is 4.15. The lowest BCUT2D eigenvalue weighted by molar-refractivity contribution is -0.123. The molecular weight excluding hydrogens is 230 g/mol. The summed E-state index contributed by atoms with van der Waals surface area (Å²) >= 11 is 0. The molecule has 1 saturated heterocycles. The van der Waals surface area contributed by atoms with Crippen LogP contribution < -0.4 is 5.73 Å². The van der Waals surface area contributed by atoms with E-state index < -0.39 is 0 Å². The molecule has 2 aliphatic carbocycles. The number of hydrogen-bond acceptors (Lipinski definition) is 4. The Hall–Kier alpha value is -1.10. The molecule has 18 heavy (non-hydrogen) atoms. The second kappa shape index (κ2) is 4.53. The number of carbonyl (C=O) groups is 1. The van der Waals surface area contributed by atoms with Gasteiger partial charge in [-0.2, -0.15) is 0 Å². The highest BCUT2D eigenvalue weighted by Gasteiger charge is 2.47. The SMILES string of the molecule is CON=C1CC(C(N)=O)N(C2CC3CCC2C3)C1. The van der Waals surface area contributed by atoms with Gasteiger partial charge in [-0.1, -0.05) is 11.6 Å². The Morgan fingerprint density at radius 3 is 2.83 bits per heavy atom. The first-order chi connectivity index (χ1) is 8.69. The summed E-state index contributed by atoms with van der Waals surface area (Å²) in [5.74, 6) is 1.41. The molecule has 3 aliphatic rings. The van der Waals surface area contributed by atoms with Crippen molar-refractivity contribution in [3.05, 3.63) is 0 Å². The first-order valence-corrected chi connectivity index (χ1v) is 6.83. The first kappa shape index (κ1) is 12.0. The van der Waals surface area contributed by atoms with E-state index in [2.05, 4.69) is 10.1 Å². The summed E-state index contributed by atoms with van der Waals surface area (Å²) in [6, 6.07) is 0.356. The van der Waals surface area contributed by atoms with E-state index in [1.54, 1.807) is 7.11 Å². The average Bonchev–Trinajstić information content (AvgIpc) is 3.02. The Labute approximate surface area is 107 Å². The van der Waals surface area contributed by atoms with Gasteiger partial charge in [-0.05, 0) is 31.1 Å². The molecule has 3 fully saturated rings. The molecule has 4 unspecified atom stereocenters. The molecule has 2 bridgehead atoms. The number of likely N-dealkylation sites (tertiary alicyclic amines) is 1. The van der Waals surface area contributed by atoms with Crippen molar-refractivity contribution in [1.82, 2.24) is 4.90 Å². The van der Waals surface area contributed by atoms with Gasteiger partial charge in [0.2, 0.25) is 5.91 Å². The van der Waals surface area contributed by atoms with Crippen LogP contribution in [0.15, 0.2) is 5.16 Å². The predicted octanol–water partition coefficient (Wildman–Crippen LogP) is 0.737. The van der Waals surface area contributed by atoms with Crippen LogP contribution in [0.25, 0.3) is 0 Å². The number of primary amides is 1. The topological polar surface area (TPSA) is 67.9 Å². The van der Waals surface area contributed by atoms with Crippen molar-refractivity contribution in [1.29, 1.82) is 0 Å². The van der Waals surface area contributed by atoms with Crippen LogP contribution in [0.2, 0.25) is 0 Å². The summed E-state index contributed by atoms with van der Waals surface area (Å²) in [6.07, 6.45) is 5.89. The summed E-state index contributed by atoms with van der Waals surface area (Å²) in [7, 11) is 1.55. The van der Waals surface area contributed by atoms with Crippen LogP contribution in [0.4, 0.5) is 0 Å². The lowest BCUT2D eigenvalue weighted by Crippen LogP contribution is -2.47. The van der Waals surface area contributed by atoms with Crippen LogP contribution in [-0.2, 0) is 9.63 Å². The second-order valence-corrected chi connectivity index (χ2v) is 5.88. The number of nitrogens with two attached hydrogens (primary N) is 1. The van der Waals surface area contributed by atoms with E-state index in [0.717, 1.165) is 24.1 Å². The maximum absolute atomic E-state index is 11.6. The van der Waals surface area contributed by atoms with E-state index in [0.29, 0.717) is 12.5 Å². The van der Waals surface area contributed by atoms with Gasteiger partial charge < -0.3 is 10.6 Å². The van der Waals surface area contributed by atoms with Gasteiger partial charge in [0.25, 0.3) is 0 Å². The summed E-state index contributed by atoms with van der Waals surface area (Å²) in [5, 5.41) is 4.01. The summed E-state index contributed by atoms with van der Waals surface area (Å²) in [6.45, 7) is 0.745. The Morgan fingerprint density at radius 2 is 2.28 bits per heavy atom. The Balaban J connectivity index is 1.77. The van der Waals surface area contributed by atoms with Crippen molar-refractivity contribution in [2.45, 2.75) is 44.2 Å². The molecule has 0 aromatic heterocycles. The van der Waals surface area contributed by atoms with Crippen LogP contribution in [0.5, 0.6) is 0 Å². The lowest BCUT2D eigenvalue weighted by Gasteiger charge is -2.34. The van der Waals surface area contributed by atoms with Crippen LogP contribution in [-0.4, -0.2) is 42.3 Å². The number of rotatable bonds is 3. The zero-order valence-corrected chi connectivity index (χ0v) is 10.8. The number of amides is 1. The minimum atomic E-state index is -0.223. The van der Waals surface area contributed by atoms with Gasteiger partial charge in [0.15, 0.2) is 0 Å². The van der Waals surface area contributed by atoms with E-state index in [-0.39, 0.29) is 11.9 Å². The van der Waals surface area contributed by atoms with Crippen molar-refractivity contribution >= 4 is 11.6 Å². The summed E-state index contributed by atoms with van der Waals surface area (Å²) < 4.78 is 0. The molecule has 1 heterocycles. The fraction of sp³-hybridized carbons (Fsp3) is 0.846. The number of hydrogen-bond donors (Lipinski definition) is 1. The fourth-order valence-electron chi connectivity index (χ4n) is 4.15. The third kappa shape index (κ3) is 1.90. The number of nitrogens with zero attached hydrogens (tertiary/aromatic N) is 2. The van der Waals surface area contributed by atoms with E-state index in [1.807, 2.05) is 0 Å².